The quantitative estimate of drug-likeness (QED) is 0.886. The Morgan fingerprint density at radius 2 is 1.63 bits per heavy atom. The zero-order valence-electron chi connectivity index (χ0n) is 15.7. The number of aliphatic hydroxyl groups excluding tert-OH is 1. The molecule has 1 aromatic heterocycles. The molecule has 6 heteroatoms. The van der Waals surface area contributed by atoms with Crippen LogP contribution >= 0.6 is 0 Å². The fourth-order valence-electron chi connectivity index (χ4n) is 4.70. The molecule has 0 amide bonds. The first-order chi connectivity index (χ1) is 13.3. The van der Waals surface area contributed by atoms with Crippen molar-refractivity contribution in [2.75, 3.05) is 49.1 Å². The second-order valence-electron chi connectivity index (χ2n) is 7.96. The number of nitrogens with zero attached hydrogens (tertiary/aromatic N) is 5. The van der Waals surface area contributed by atoms with E-state index in [9.17, 15) is 5.11 Å². The number of rotatable bonds is 3. The first kappa shape index (κ1) is 17.0. The number of anilines is 2. The molecule has 1 N–H and O–H groups in total. The lowest BCUT2D eigenvalue weighted by Gasteiger charge is -2.38. The molecule has 2 aliphatic heterocycles. The SMILES string of the molecule is O[C@H]1CCN(c2ccnc(N3CCN(C4Cc5ccccc5C4)CC3)n2)C1. The first-order valence-electron chi connectivity index (χ1n) is 10.1. The lowest BCUT2D eigenvalue weighted by atomic mass is 10.1. The fraction of sp³-hybridized carbons (Fsp3) is 0.524. The van der Waals surface area contributed by atoms with Gasteiger partial charge in [-0.05, 0) is 36.5 Å². The van der Waals surface area contributed by atoms with Crippen LogP contribution < -0.4 is 9.80 Å². The Morgan fingerprint density at radius 3 is 2.30 bits per heavy atom. The van der Waals surface area contributed by atoms with Crippen molar-refractivity contribution in [2.45, 2.75) is 31.4 Å². The highest BCUT2D eigenvalue weighted by atomic mass is 16.3. The topological polar surface area (TPSA) is 55.7 Å². The minimum Gasteiger partial charge on any atom is -0.391 e. The Bertz CT molecular complexity index is 780. The van der Waals surface area contributed by atoms with Crippen LogP contribution in [-0.4, -0.2) is 71.4 Å². The van der Waals surface area contributed by atoms with Crippen LogP contribution in [0.3, 0.4) is 0 Å². The Kier molecular flexibility index (Phi) is 4.45. The van der Waals surface area contributed by atoms with Gasteiger partial charge in [-0.2, -0.15) is 4.98 Å². The second-order valence-corrected chi connectivity index (χ2v) is 7.96. The molecule has 1 atom stereocenters. The summed E-state index contributed by atoms with van der Waals surface area (Å²) >= 11 is 0. The van der Waals surface area contributed by atoms with E-state index < -0.39 is 0 Å². The monoisotopic (exact) mass is 365 g/mol. The van der Waals surface area contributed by atoms with E-state index in [0.29, 0.717) is 12.6 Å². The molecule has 1 aromatic carbocycles. The van der Waals surface area contributed by atoms with Gasteiger partial charge in [0.1, 0.15) is 5.82 Å². The molecule has 0 unspecified atom stereocenters. The van der Waals surface area contributed by atoms with E-state index in [-0.39, 0.29) is 6.10 Å². The van der Waals surface area contributed by atoms with E-state index in [1.54, 1.807) is 0 Å². The van der Waals surface area contributed by atoms with Gasteiger partial charge >= 0.3 is 0 Å². The van der Waals surface area contributed by atoms with Gasteiger partial charge < -0.3 is 14.9 Å². The maximum absolute atomic E-state index is 9.78. The largest absolute Gasteiger partial charge is 0.391 e. The van der Waals surface area contributed by atoms with Crippen LogP contribution in [0.25, 0.3) is 0 Å². The van der Waals surface area contributed by atoms with E-state index >= 15 is 0 Å². The molecule has 2 saturated heterocycles. The van der Waals surface area contributed by atoms with Gasteiger partial charge in [0.2, 0.25) is 5.95 Å². The van der Waals surface area contributed by atoms with Crippen LogP contribution in [0, 0.1) is 0 Å². The number of hydrogen-bond donors (Lipinski definition) is 1. The van der Waals surface area contributed by atoms with Gasteiger partial charge in [-0.15, -0.1) is 0 Å². The number of hydrogen-bond acceptors (Lipinski definition) is 6. The molecule has 27 heavy (non-hydrogen) atoms. The van der Waals surface area contributed by atoms with Gasteiger partial charge in [0, 0.05) is 51.5 Å². The van der Waals surface area contributed by atoms with E-state index in [1.165, 1.54) is 24.0 Å². The Hall–Kier alpha value is -2.18. The molecule has 0 saturated carbocycles. The predicted octanol–water partition coefficient (Wildman–Crippen LogP) is 1.34. The number of aliphatic hydroxyl groups is 1. The normalized spacial score (nSPS) is 23.8. The van der Waals surface area contributed by atoms with Crippen LogP contribution in [0.2, 0.25) is 0 Å². The van der Waals surface area contributed by atoms with E-state index in [2.05, 4.69) is 43.9 Å². The highest BCUT2D eigenvalue weighted by Gasteiger charge is 2.30. The molecule has 2 aromatic rings. The summed E-state index contributed by atoms with van der Waals surface area (Å²) < 4.78 is 0. The molecule has 3 aliphatic rings. The van der Waals surface area contributed by atoms with Gasteiger partial charge in [-0.1, -0.05) is 24.3 Å². The zero-order chi connectivity index (χ0) is 18.2. The van der Waals surface area contributed by atoms with Crippen molar-refractivity contribution in [3.63, 3.8) is 0 Å². The molecule has 0 radical (unpaired) electrons. The molecule has 3 heterocycles. The van der Waals surface area contributed by atoms with Crippen LogP contribution in [0.5, 0.6) is 0 Å². The summed E-state index contributed by atoms with van der Waals surface area (Å²) in [5.41, 5.74) is 3.04. The predicted molar refractivity (Wildman–Crippen MR) is 106 cm³/mol. The van der Waals surface area contributed by atoms with Crippen molar-refractivity contribution in [3.05, 3.63) is 47.7 Å². The number of benzene rings is 1. The van der Waals surface area contributed by atoms with Crippen LogP contribution in [-0.2, 0) is 12.8 Å². The summed E-state index contributed by atoms with van der Waals surface area (Å²) in [5, 5.41) is 9.78. The molecule has 6 nitrogen and oxygen atoms in total. The van der Waals surface area contributed by atoms with Crippen molar-refractivity contribution in [1.29, 1.82) is 0 Å². The lowest BCUT2D eigenvalue weighted by Crippen LogP contribution is -2.51. The maximum atomic E-state index is 9.78. The van der Waals surface area contributed by atoms with Crippen molar-refractivity contribution in [1.82, 2.24) is 14.9 Å². The van der Waals surface area contributed by atoms with Crippen molar-refractivity contribution >= 4 is 11.8 Å². The number of β-amino-alcohol motifs (C(OH)–C–C–N with tert-alkyl or cyclic N) is 1. The standard InChI is InChI=1S/C21H27N5O/c27-19-6-8-26(15-19)20-5-7-22-21(23-20)25-11-9-24(10-12-25)18-13-16-3-1-2-4-17(16)14-18/h1-5,7,18-19,27H,6,8-15H2/t19-/m0/s1. The molecule has 142 valence electrons. The van der Waals surface area contributed by atoms with E-state index in [4.69, 9.17) is 4.98 Å². The van der Waals surface area contributed by atoms with Crippen LogP contribution in [0.15, 0.2) is 36.5 Å². The molecule has 0 spiro atoms. The Labute approximate surface area is 160 Å². The molecule has 1 aliphatic carbocycles. The molecule has 5 rings (SSSR count). The number of fused-ring (bicyclic) bond motifs is 1. The summed E-state index contributed by atoms with van der Waals surface area (Å²) in [6, 6.07) is 11.5. The highest BCUT2D eigenvalue weighted by Crippen LogP contribution is 2.27. The van der Waals surface area contributed by atoms with E-state index in [1.807, 2.05) is 12.3 Å². The highest BCUT2D eigenvalue weighted by molar-refractivity contribution is 5.45. The first-order valence-corrected chi connectivity index (χ1v) is 10.1. The number of aromatic nitrogens is 2. The Balaban J connectivity index is 1.21. The fourth-order valence-corrected chi connectivity index (χ4v) is 4.70. The average Bonchev–Trinajstić information content (AvgIpc) is 3.34. The summed E-state index contributed by atoms with van der Waals surface area (Å²) in [6.45, 7) is 5.61. The number of piperazine rings is 1. The molecule has 0 bridgehead atoms. The average molecular weight is 365 g/mol. The van der Waals surface area contributed by atoms with Gasteiger partial charge in [0.15, 0.2) is 0 Å². The van der Waals surface area contributed by atoms with Gasteiger partial charge in [0.05, 0.1) is 6.10 Å². The zero-order valence-corrected chi connectivity index (χ0v) is 15.7. The molecular formula is C21H27N5O. The second kappa shape index (κ2) is 7.09. The molecular weight excluding hydrogens is 338 g/mol. The summed E-state index contributed by atoms with van der Waals surface area (Å²) in [6.07, 6.45) is 4.80. The molecule has 2 fully saturated rings. The van der Waals surface area contributed by atoms with Gasteiger partial charge in [-0.25, -0.2) is 4.98 Å². The Morgan fingerprint density at radius 1 is 0.889 bits per heavy atom. The smallest absolute Gasteiger partial charge is 0.227 e. The maximum Gasteiger partial charge on any atom is 0.227 e. The minimum absolute atomic E-state index is 0.234. The van der Waals surface area contributed by atoms with Crippen molar-refractivity contribution in [2.24, 2.45) is 0 Å². The van der Waals surface area contributed by atoms with Gasteiger partial charge in [-0.3, -0.25) is 4.90 Å². The van der Waals surface area contributed by atoms with Gasteiger partial charge in [0.25, 0.3) is 0 Å². The summed E-state index contributed by atoms with van der Waals surface area (Å²) in [7, 11) is 0. The van der Waals surface area contributed by atoms with Crippen molar-refractivity contribution < 1.29 is 5.11 Å². The summed E-state index contributed by atoms with van der Waals surface area (Å²) in [4.78, 5) is 16.4. The van der Waals surface area contributed by atoms with Crippen LogP contribution in [0.4, 0.5) is 11.8 Å². The van der Waals surface area contributed by atoms with E-state index in [0.717, 1.165) is 50.9 Å². The lowest BCUT2D eigenvalue weighted by molar-refractivity contribution is 0.189. The third-order valence-electron chi connectivity index (χ3n) is 6.26. The summed E-state index contributed by atoms with van der Waals surface area (Å²) in [5.74, 6) is 1.76. The van der Waals surface area contributed by atoms with Crippen LogP contribution in [0.1, 0.15) is 17.5 Å². The third-order valence-corrected chi connectivity index (χ3v) is 6.26. The minimum atomic E-state index is -0.234. The van der Waals surface area contributed by atoms with Crippen molar-refractivity contribution in [3.8, 4) is 0 Å². The third kappa shape index (κ3) is 3.39.